The zero-order valence-corrected chi connectivity index (χ0v) is 15.6. The van der Waals surface area contributed by atoms with Gasteiger partial charge in [-0.15, -0.1) is 0 Å². The van der Waals surface area contributed by atoms with Crippen LogP contribution in [0.1, 0.15) is 35.4 Å². The van der Waals surface area contributed by atoms with Gasteiger partial charge in [0.25, 0.3) is 0 Å². The summed E-state index contributed by atoms with van der Waals surface area (Å²) >= 11 is 3.51. The molecule has 3 aromatic rings. The fourth-order valence-corrected chi connectivity index (χ4v) is 3.95. The Balaban J connectivity index is 1.60. The van der Waals surface area contributed by atoms with Crippen LogP contribution in [0.15, 0.2) is 88.4 Å². The second-order valence-corrected chi connectivity index (χ2v) is 7.49. The van der Waals surface area contributed by atoms with Crippen LogP contribution < -0.4 is 4.74 Å². The van der Waals surface area contributed by atoms with E-state index in [0.29, 0.717) is 0 Å². The number of hydrogen-bond donors (Lipinski definition) is 0. The normalized spacial score (nSPS) is 20.8. The van der Waals surface area contributed by atoms with E-state index in [2.05, 4.69) is 75.5 Å². The van der Waals surface area contributed by atoms with Crippen molar-refractivity contribution in [3.05, 3.63) is 100 Å². The molecule has 2 atom stereocenters. The maximum atomic E-state index is 6.36. The fourth-order valence-electron chi connectivity index (χ4n) is 3.69. The van der Waals surface area contributed by atoms with Crippen molar-refractivity contribution in [1.29, 1.82) is 0 Å². The fraction of sp³-hybridized carbons (Fsp3) is 0.136. The van der Waals surface area contributed by atoms with Gasteiger partial charge in [-0.05, 0) is 23.8 Å². The molecule has 2 heterocycles. The zero-order chi connectivity index (χ0) is 17.5. The highest BCUT2D eigenvalue weighted by Gasteiger charge is 2.40. The van der Waals surface area contributed by atoms with Crippen molar-refractivity contribution in [2.45, 2.75) is 18.7 Å². The lowest BCUT2D eigenvalue weighted by Crippen LogP contribution is -2.33. The van der Waals surface area contributed by atoms with Gasteiger partial charge in [-0.3, -0.25) is 0 Å². The first-order chi connectivity index (χ1) is 12.8. The van der Waals surface area contributed by atoms with E-state index in [-0.39, 0.29) is 12.3 Å². The summed E-state index contributed by atoms with van der Waals surface area (Å²) in [6.07, 6.45) is 0.668. The molecule has 0 aliphatic carbocycles. The van der Waals surface area contributed by atoms with Gasteiger partial charge < -0.3 is 4.74 Å². The topological polar surface area (TPSA) is 24.8 Å². The minimum atomic E-state index is -0.218. The molecule has 2 aliphatic heterocycles. The highest BCUT2D eigenvalue weighted by atomic mass is 79.9. The number of benzene rings is 3. The molecule has 0 saturated heterocycles. The Morgan fingerprint density at radius 1 is 0.885 bits per heavy atom. The number of hydrogen-bond acceptors (Lipinski definition) is 3. The van der Waals surface area contributed by atoms with Gasteiger partial charge in [0.1, 0.15) is 5.75 Å². The van der Waals surface area contributed by atoms with E-state index < -0.39 is 0 Å². The number of hydrazone groups is 1. The maximum absolute atomic E-state index is 6.36. The monoisotopic (exact) mass is 404 g/mol. The summed E-state index contributed by atoms with van der Waals surface area (Å²) in [6, 6.07) is 27.2. The molecule has 26 heavy (non-hydrogen) atoms. The van der Waals surface area contributed by atoms with Gasteiger partial charge in [-0.2, -0.15) is 5.10 Å². The van der Waals surface area contributed by atoms with Crippen LogP contribution in [0.2, 0.25) is 0 Å². The Hall–Kier alpha value is -2.59. The van der Waals surface area contributed by atoms with Crippen molar-refractivity contribution in [2.24, 2.45) is 5.10 Å². The van der Waals surface area contributed by atoms with Crippen LogP contribution in [0.4, 0.5) is 0 Å². The molecule has 0 saturated carbocycles. The van der Waals surface area contributed by atoms with Crippen molar-refractivity contribution in [3.8, 4) is 5.75 Å². The Labute approximate surface area is 161 Å². The van der Waals surface area contributed by atoms with Crippen LogP contribution in [-0.4, -0.2) is 10.7 Å². The highest BCUT2D eigenvalue weighted by molar-refractivity contribution is 9.10. The summed E-state index contributed by atoms with van der Waals surface area (Å²) in [4.78, 5) is 0. The molecule has 5 rings (SSSR count). The van der Waals surface area contributed by atoms with Crippen molar-refractivity contribution >= 4 is 21.6 Å². The average molecular weight is 405 g/mol. The van der Waals surface area contributed by atoms with Crippen molar-refractivity contribution in [2.75, 3.05) is 0 Å². The van der Waals surface area contributed by atoms with Gasteiger partial charge >= 0.3 is 0 Å². The molecule has 0 unspecified atom stereocenters. The molecule has 3 nitrogen and oxygen atoms in total. The molecule has 0 amide bonds. The highest BCUT2D eigenvalue weighted by Crippen LogP contribution is 2.47. The number of nitrogens with zero attached hydrogens (tertiary/aromatic N) is 2. The van der Waals surface area contributed by atoms with Crippen LogP contribution in [0, 0.1) is 0 Å². The first-order valence-corrected chi connectivity index (χ1v) is 9.51. The van der Waals surface area contributed by atoms with E-state index >= 15 is 0 Å². The van der Waals surface area contributed by atoms with E-state index in [9.17, 15) is 0 Å². The van der Waals surface area contributed by atoms with Crippen LogP contribution >= 0.6 is 15.9 Å². The lowest BCUT2D eigenvalue weighted by molar-refractivity contribution is -0.0190. The predicted octanol–water partition coefficient (Wildman–Crippen LogP) is 5.69. The molecule has 128 valence electrons. The minimum Gasteiger partial charge on any atom is -0.464 e. The van der Waals surface area contributed by atoms with E-state index in [4.69, 9.17) is 9.84 Å². The number of para-hydroxylation sites is 1. The Kier molecular flexibility index (Phi) is 3.79. The quantitative estimate of drug-likeness (QED) is 0.547. The van der Waals surface area contributed by atoms with Crippen molar-refractivity contribution in [3.63, 3.8) is 0 Å². The second-order valence-electron chi connectivity index (χ2n) is 6.57. The van der Waals surface area contributed by atoms with Gasteiger partial charge in [0.05, 0.1) is 11.8 Å². The lowest BCUT2D eigenvalue weighted by atomic mass is 9.96. The number of rotatable bonds is 2. The second kappa shape index (κ2) is 6.29. The summed E-state index contributed by atoms with van der Waals surface area (Å²) in [5.74, 6) is 0.950. The largest absolute Gasteiger partial charge is 0.464 e. The molecule has 0 radical (unpaired) electrons. The Morgan fingerprint density at radius 2 is 1.62 bits per heavy atom. The molecule has 0 aromatic heterocycles. The molecule has 0 fully saturated rings. The standard InChI is InChI=1S/C22H17BrN2O/c23-17-12-10-16(11-13-17)22-25-20(18-8-4-5-9-21(18)26-22)14-19(24-25)15-6-2-1-3-7-15/h1-13,20,22H,14H2/t20-,22-/m0/s1. The molecular weight excluding hydrogens is 388 g/mol. The summed E-state index contributed by atoms with van der Waals surface area (Å²) in [6.45, 7) is 0. The van der Waals surface area contributed by atoms with Crippen LogP contribution in [0.5, 0.6) is 5.75 Å². The van der Waals surface area contributed by atoms with Gasteiger partial charge in [-0.25, -0.2) is 5.01 Å². The van der Waals surface area contributed by atoms with E-state index in [1.54, 1.807) is 0 Å². The molecule has 0 N–H and O–H groups in total. The molecule has 3 aromatic carbocycles. The van der Waals surface area contributed by atoms with Crippen molar-refractivity contribution < 1.29 is 4.74 Å². The third-order valence-corrected chi connectivity index (χ3v) is 5.49. The van der Waals surface area contributed by atoms with E-state index in [1.807, 2.05) is 24.3 Å². The predicted molar refractivity (Wildman–Crippen MR) is 106 cm³/mol. The van der Waals surface area contributed by atoms with Crippen LogP contribution in [0.3, 0.4) is 0 Å². The van der Waals surface area contributed by atoms with Gasteiger partial charge in [0.15, 0.2) is 0 Å². The molecule has 0 bridgehead atoms. The van der Waals surface area contributed by atoms with Gasteiger partial charge in [0.2, 0.25) is 6.23 Å². The summed E-state index contributed by atoms with van der Waals surface area (Å²) in [5, 5.41) is 7.09. The lowest BCUT2D eigenvalue weighted by Gasteiger charge is -2.38. The summed E-state index contributed by atoms with van der Waals surface area (Å²) in [5.41, 5.74) is 4.59. The maximum Gasteiger partial charge on any atom is 0.213 e. The smallest absolute Gasteiger partial charge is 0.213 e. The van der Waals surface area contributed by atoms with Crippen LogP contribution in [-0.2, 0) is 0 Å². The number of halogens is 1. The molecular formula is C22H17BrN2O. The average Bonchev–Trinajstić information content (AvgIpc) is 3.14. The van der Waals surface area contributed by atoms with E-state index in [1.165, 1.54) is 11.1 Å². The van der Waals surface area contributed by atoms with Gasteiger partial charge in [-0.1, -0.05) is 76.6 Å². The molecule has 2 aliphatic rings. The van der Waals surface area contributed by atoms with E-state index in [0.717, 1.165) is 27.9 Å². The number of fused-ring (bicyclic) bond motifs is 3. The number of ether oxygens (including phenoxy) is 1. The Morgan fingerprint density at radius 3 is 2.42 bits per heavy atom. The molecule has 4 heteroatoms. The SMILES string of the molecule is Brc1ccc([C@@H]2Oc3ccccc3[C@@H]3CC(c4ccccc4)=NN32)cc1. The van der Waals surface area contributed by atoms with Crippen molar-refractivity contribution in [1.82, 2.24) is 5.01 Å². The first-order valence-electron chi connectivity index (χ1n) is 8.72. The third-order valence-electron chi connectivity index (χ3n) is 4.96. The third kappa shape index (κ3) is 2.61. The summed E-state index contributed by atoms with van der Waals surface area (Å²) in [7, 11) is 0. The Bertz CT molecular complexity index is 969. The summed E-state index contributed by atoms with van der Waals surface area (Å²) < 4.78 is 7.42. The van der Waals surface area contributed by atoms with Crippen LogP contribution in [0.25, 0.3) is 0 Å². The minimum absolute atomic E-state index is 0.198. The zero-order valence-electron chi connectivity index (χ0n) is 14.0. The first kappa shape index (κ1) is 15.6. The molecule has 0 spiro atoms. The van der Waals surface area contributed by atoms with Gasteiger partial charge in [0, 0.05) is 22.0 Å².